The van der Waals surface area contributed by atoms with Gasteiger partial charge >= 0.3 is 0 Å². The second kappa shape index (κ2) is 8.85. The number of aryl methyl sites for hydroxylation is 1. The first-order chi connectivity index (χ1) is 18.0. The molecule has 0 atom stereocenters. The van der Waals surface area contributed by atoms with Crippen LogP contribution in [0.5, 0.6) is 0 Å². The number of hydrogen-bond donors (Lipinski definition) is 0. The van der Waals surface area contributed by atoms with Crippen LogP contribution in [-0.4, -0.2) is 15.7 Å². The molecule has 3 heteroatoms. The van der Waals surface area contributed by atoms with E-state index in [2.05, 4.69) is 111 Å². The lowest BCUT2D eigenvalue weighted by Gasteiger charge is -2.38. The Labute approximate surface area is 220 Å². The van der Waals surface area contributed by atoms with E-state index >= 15 is 0 Å². The number of hydrogen-bond acceptors (Lipinski definition) is 1. The molecule has 6 rings (SSSR count). The normalized spacial score (nSPS) is 15.1. The minimum absolute atomic E-state index is 0.620. The molecule has 0 aliphatic heterocycles. The van der Waals surface area contributed by atoms with Crippen LogP contribution in [0, 0.1) is 6.92 Å². The van der Waals surface area contributed by atoms with Crippen molar-refractivity contribution in [3.8, 4) is 11.1 Å². The van der Waals surface area contributed by atoms with E-state index in [9.17, 15) is 0 Å². The molecule has 0 fully saturated rings. The summed E-state index contributed by atoms with van der Waals surface area (Å²) in [7, 11) is 13.3. The molecule has 0 bridgehead atoms. The molecule has 1 aliphatic rings. The number of fused-ring (bicyclic) bond motifs is 4. The largest absolute Gasteiger partial charge is 0.455 e. The highest BCUT2D eigenvalue weighted by atomic mass is 16.3. The van der Waals surface area contributed by atoms with E-state index in [1.54, 1.807) is 0 Å². The Hall–Kier alpha value is -3.97. The minimum Gasteiger partial charge on any atom is -0.455 e. The van der Waals surface area contributed by atoms with Crippen molar-refractivity contribution < 1.29 is 4.42 Å². The van der Waals surface area contributed by atoms with Crippen LogP contribution in [0.25, 0.3) is 33.7 Å². The Morgan fingerprint density at radius 1 is 0.838 bits per heavy atom. The molecule has 0 saturated heterocycles. The van der Waals surface area contributed by atoms with E-state index in [4.69, 9.17) is 20.1 Å². The lowest BCUT2D eigenvalue weighted by molar-refractivity contribution is 0.571. The van der Waals surface area contributed by atoms with E-state index in [0.717, 1.165) is 55.0 Å². The molecule has 0 N–H and O–H groups in total. The fourth-order valence-corrected chi connectivity index (χ4v) is 6.15. The zero-order chi connectivity index (χ0) is 25.7. The average Bonchev–Trinajstić information content (AvgIpc) is 3.45. The van der Waals surface area contributed by atoms with Crippen molar-refractivity contribution in [2.45, 2.75) is 25.0 Å². The van der Waals surface area contributed by atoms with E-state index in [1.807, 2.05) is 13.0 Å². The third kappa shape index (κ3) is 3.27. The molecule has 4 radical (unpaired) electrons. The van der Waals surface area contributed by atoms with Crippen LogP contribution < -0.4 is 10.6 Å². The predicted molar refractivity (Wildman–Crippen MR) is 157 cm³/mol. The van der Waals surface area contributed by atoms with Crippen molar-refractivity contribution in [1.29, 1.82) is 0 Å². The van der Waals surface area contributed by atoms with Crippen molar-refractivity contribution in [1.82, 2.24) is 0 Å². The molecule has 0 spiro atoms. The third-order valence-corrected chi connectivity index (χ3v) is 7.83. The topological polar surface area (TPSA) is 13.1 Å². The van der Waals surface area contributed by atoms with Gasteiger partial charge in [-0.1, -0.05) is 115 Å². The molecule has 5 aromatic rings. The Bertz CT molecular complexity index is 1740. The van der Waals surface area contributed by atoms with Crippen molar-refractivity contribution >= 4 is 38.3 Å². The second-order valence-electron chi connectivity index (χ2n) is 9.71. The molecule has 1 heterocycles. The highest BCUT2D eigenvalue weighted by Crippen LogP contribution is 2.56. The van der Waals surface area contributed by atoms with Crippen LogP contribution in [0.1, 0.15) is 34.7 Å². The van der Waals surface area contributed by atoms with Crippen LogP contribution in [0.3, 0.4) is 0 Å². The van der Waals surface area contributed by atoms with E-state index < -0.39 is 11.1 Å². The predicted octanol–water partition coefficient (Wildman–Crippen LogP) is 6.32. The van der Waals surface area contributed by atoms with E-state index in [0.29, 0.717) is 0 Å². The Balaban J connectivity index is 1.59. The smallest absolute Gasteiger partial charge is 0.142 e. The summed E-state index contributed by atoms with van der Waals surface area (Å²) < 4.78 is 6.43. The highest BCUT2D eigenvalue weighted by Gasteiger charge is 2.45. The molecule has 1 aromatic heterocycles. The Morgan fingerprint density at radius 2 is 1.46 bits per heavy atom. The molecular formula is C34H26B2O. The number of benzene rings is 4. The molecule has 4 aromatic carbocycles. The standard InChI is InChI=1S/C34H26B2O/c1-4-24(32-25(5-2)28-14-10-11-21(3)31(28)37-32)22-17-19-23(20-18-22)34(33(35)36)29-15-8-6-12-26(29)27-13-7-9-16-30(27)34/h4-20,33H,1H2,2-3H3/b25-5-,32-24-. The van der Waals surface area contributed by atoms with Crippen LogP contribution in [-0.2, 0) is 5.41 Å². The van der Waals surface area contributed by atoms with Gasteiger partial charge < -0.3 is 4.42 Å². The molecule has 0 saturated carbocycles. The fraction of sp³-hybridized carbons (Fsp3) is 0.118. The number of allylic oxidation sites excluding steroid dienone is 1. The van der Waals surface area contributed by atoms with Crippen molar-refractivity contribution in [3.05, 3.63) is 142 Å². The van der Waals surface area contributed by atoms with E-state index in [-0.39, 0.29) is 0 Å². The van der Waals surface area contributed by atoms with Crippen LogP contribution in [0.2, 0.25) is 5.72 Å². The minimum atomic E-state index is -0.640. The van der Waals surface area contributed by atoms with Gasteiger partial charge in [0.15, 0.2) is 0 Å². The first kappa shape index (κ1) is 23.4. The van der Waals surface area contributed by atoms with Gasteiger partial charge in [-0.15, -0.1) is 0 Å². The molecule has 1 aliphatic carbocycles. The summed E-state index contributed by atoms with van der Waals surface area (Å²) in [5, 5.41) is 2.19. The van der Waals surface area contributed by atoms with Crippen LogP contribution >= 0.6 is 0 Å². The monoisotopic (exact) mass is 472 g/mol. The molecule has 174 valence electrons. The van der Waals surface area contributed by atoms with Gasteiger partial charge in [-0.2, -0.15) is 0 Å². The van der Waals surface area contributed by atoms with Gasteiger partial charge in [-0.3, -0.25) is 0 Å². The summed E-state index contributed by atoms with van der Waals surface area (Å²) in [4.78, 5) is 0. The fourth-order valence-electron chi connectivity index (χ4n) is 6.15. The molecule has 37 heavy (non-hydrogen) atoms. The maximum Gasteiger partial charge on any atom is 0.142 e. The van der Waals surface area contributed by atoms with Gasteiger partial charge in [-0.05, 0) is 52.8 Å². The van der Waals surface area contributed by atoms with Gasteiger partial charge in [0.1, 0.15) is 11.0 Å². The zero-order valence-corrected chi connectivity index (χ0v) is 21.2. The summed E-state index contributed by atoms with van der Waals surface area (Å²) in [5.74, 6) is 0. The summed E-state index contributed by atoms with van der Waals surface area (Å²) in [5.41, 5.74) is 9.29. The first-order valence-corrected chi connectivity index (χ1v) is 12.6. The molecular weight excluding hydrogens is 446 g/mol. The summed E-state index contributed by atoms with van der Waals surface area (Å²) >= 11 is 0. The molecule has 0 unspecified atom stereocenters. The lowest BCUT2D eigenvalue weighted by Crippen LogP contribution is -2.33. The first-order valence-electron chi connectivity index (χ1n) is 12.6. The lowest BCUT2D eigenvalue weighted by atomic mass is 9.49. The average molecular weight is 472 g/mol. The summed E-state index contributed by atoms with van der Waals surface area (Å²) in [6.45, 7) is 8.25. The quantitative estimate of drug-likeness (QED) is 0.279. The van der Waals surface area contributed by atoms with Gasteiger partial charge in [0, 0.05) is 21.6 Å². The molecule has 0 amide bonds. The number of rotatable bonds is 4. The summed E-state index contributed by atoms with van der Waals surface area (Å²) in [6, 6.07) is 31.7. The van der Waals surface area contributed by atoms with Gasteiger partial charge in [0.25, 0.3) is 0 Å². The molecule has 1 nitrogen and oxygen atoms in total. The van der Waals surface area contributed by atoms with Crippen molar-refractivity contribution in [2.75, 3.05) is 0 Å². The maximum atomic E-state index is 6.64. The van der Waals surface area contributed by atoms with Gasteiger partial charge in [0.05, 0.1) is 15.7 Å². The third-order valence-electron chi connectivity index (χ3n) is 7.83. The van der Waals surface area contributed by atoms with Crippen LogP contribution in [0.4, 0.5) is 0 Å². The van der Waals surface area contributed by atoms with Crippen molar-refractivity contribution in [2.24, 2.45) is 0 Å². The van der Waals surface area contributed by atoms with Crippen LogP contribution in [0.15, 0.2) is 108 Å². The summed E-state index contributed by atoms with van der Waals surface area (Å²) in [6.07, 6.45) is 3.98. The van der Waals surface area contributed by atoms with Crippen molar-refractivity contribution in [3.63, 3.8) is 0 Å². The zero-order valence-electron chi connectivity index (χ0n) is 21.2. The maximum absolute atomic E-state index is 6.64. The van der Waals surface area contributed by atoms with Gasteiger partial charge in [-0.25, -0.2) is 0 Å². The number of furan rings is 1. The van der Waals surface area contributed by atoms with Gasteiger partial charge in [0.2, 0.25) is 0 Å². The SMILES string of the molecule is [B]C([B])C1(c2ccc(/C(C=C)=c3\oc4c(C)cccc4\c3=C\C)cc2)c2ccccc2-c2ccccc21. The second-order valence-corrected chi connectivity index (χ2v) is 9.71. The Morgan fingerprint density at radius 3 is 2.03 bits per heavy atom. The highest BCUT2D eigenvalue weighted by molar-refractivity contribution is 6.37. The Kier molecular flexibility index (Phi) is 5.60. The number of para-hydroxylation sites is 1. The van der Waals surface area contributed by atoms with E-state index in [1.165, 1.54) is 11.1 Å².